The van der Waals surface area contributed by atoms with Crippen LogP contribution in [0, 0.1) is 11.8 Å². The number of hydrogen-bond donors (Lipinski definition) is 1. The average Bonchev–Trinajstić information content (AvgIpc) is 3.26. The third-order valence-electron chi connectivity index (χ3n) is 7.27. The number of carbonyl (C=O) groups is 1. The number of amides is 1. The molecule has 170 valence electrons. The minimum Gasteiger partial charge on any atom is -0.376 e. The van der Waals surface area contributed by atoms with Crippen LogP contribution in [0.15, 0.2) is 12.3 Å². The number of ether oxygens (including phenoxy) is 1. The van der Waals surface area contributed by atoms with Crippen molar-refractivity contribution in [1.29, 1.82) is 0 Å². The van der Waals surface area contributed by atoms with Crippen LogP contribution in [0.5, 0.6) is 0 Å². The quantitative estimate of drug-likeness (QED) is 0.624. The fourth-order valence-electron chi connectivity index (χ4n) is 5.37. The monoisotopic (exact) mass is 421 g/mol. The van der Waals surface area contributed by atoms with E-state index >= 15 is 4.39 Å². The van der Waals surface area contributed by atoms with Gasteiger partial charge < -0.3 is 9.64 Å². The van der Waals surface area contributed by atoms with Crippen molar-refractivity contribution >= 4 is 5.91 Å². The molecule has 2 heterocycles. The molecule has 2 aliphatic rings. The van der Waals surface area contributed by atoms with Crippen molar-refractivity contribution in [3.8, 4) is 0 Å². The van der Waals surface area contributed by atoms with Crippen LogP contribution < -0.4 is 0 Å². The lowest BCUT2D eigenvalue weighted by atomic mass is 9.80. The van der Waals surface area contributed by atoms with Gasteiger partial charge in [-0.05, 0) is 69.8 Å². The van der Waals surface area contributed by atoms with Crippen molar-refractivity contribution in [1.82, 2.24) is 15.1 Å². The Morgan fingerprint density at radius 3 is 2.67 bits per heavy atom. The maximum atomic E-state index is 15.2. The maximum Gasteiger partial charge on any atom is 0.260 e. The molecule has 2 fully saturated rings. The third-order valence-corrected chi connectivity index (χ3v) is 7.27. The number of alkyl halides is 1. The van der Waals surface area contributed by atoms with Crippen LogP contribution in [0.4, 0.5) is 4.39 Å². The van der Waals surface area contributed by atoms with E-state index in [1.165, 1.54) is 19.8 Å². The lowest BCUT2D eigenvalue weighted by Gasteiger charge is -2.43. The van der Waals surface area contributed by atoms with Crippen LogP contribution in [0.25, 0.3) is 0 Å². The number of rotatable bonds is 8. The first-order valence-electron chi connectivity index (χ1n) is 11.9. The summed E-state index contributed by atoms with van der Waals surface area (Å²) < 4.78 is 21.5. The summed E-state index contributed by atoms with van der Waals surface area (Å²) in [6.07, 6.45) is 9.33. The van der Waals surface area contributed by atoms with Gasteiger partial charge in [-0.15, -0.1) is 0 Å². The van der Waals surface area contributed by atoms with Gasteiger partial charge in [-0.2, -0.15) is 5.10 Å². The average molecular weight is 422 g/mol. The van der Waals surface area contributed by atoms with E-state index in [-0.39, 0.29) is 30.4 Å². The van der Waals surface area contributed by atoms with Crippen LogP contribution in [-0.4, -0.2) is 52.0 Å². The highest BCUT2D eigenvalue weighted by atomic mass is 19.1. The zero-order valence-corrected chi connectivity index (χ0v) is 19.2. The molecule has 0 aromatic carbocycles. The molecule has 1 saturated heterocycles. The first-order chi connectivity index (χ1) is 14.3. The van der Waals surface area contributed by atoms with Gasteiger partial charge in [-0.3, -0.25) is 9.89 Å². The number of nitrogens with zero attached hydrogens (tertiary/aromatic N) is 2. The highest BCUT2D eigenvalue weighted by molar-refractivity contribution is 5.85. The van der Waals surface area contributed by atoms with E-state index in [0.29, 0.717) is 19.6 Å². The molecular formula is C24H40FN3O2. The van der Waals surface area contributed by atoms with Gasteiger partial charge in [0, 0.05) is 18.7 Å². The number of piperidine rings is 1. The Kier molecular flexibility index (Phi) is 7.94. The number of aromatic nitrogens is 2. The number of likely N-dealkylation sites (tertiary alicyclic amines) is 1. The molecule has 30 heavy (non-hydrogen) atoms. The molecule has 1 aromatic heterocycles. The van der Waals surface area contributed by atoms with Crippen LogP contribution in [-0.2, 0) is 9.53 Å². The Morgan fingerprint density at radius 2 is 2.07 bits per heavy atom. The largest absolute Gasteiger partial charge is 0.376 e. The second kappa shape index (κ2) is 10.3. The molecule has 1 amide bonds. The predicted molar refractivity (Wildman–Crippen MR) is 117 cm³/mol. The van der Waals surface area contributed by atoms with Crippen LogP contribution in [0.3, 0.4) is 0 Å². The molecule has 5 nitrogen and oxygen atoms in total. The summed E-state index contributed by atoms with van der Waals surface area (Å²) in [6.45, 7) is 9.01. The Bertz CT molecular complexity index is 653. The van der Waals surface area contributed by atoms with Gasteiger partial charge in [0.2, 0.25) is 0 Å². The van der Waals surface area contributed by atoms with Gasteiger partial charge in [-0.1, -0.05) is 27.2 Å². The van der Waals surface area contributed by atoms with E-state index in [9.17, 15) is 4.79 Å². The van der Waals surface area contributed by atoms with Crippen molar-refractivity contribution in [3.05, 3.63) is 18.0 Å². The van der Waals surface area contributed by atoms with Crippen LogP contribution in [0.2, 0.25) is 0 Å². The molecule has 1 aliphatic carbocycles. The molecule has 6 heteroatoms. The van der Waals surface area contributed by atoms with E-state index < -0.39 is 5.67 Å². The molecule has 0 radical (unpaired) electrons. The van der Waals surface area contributed by atoms with Gasteiger partial charge in [0.1, 0.15) is 0 Å². The number of halogens is 1. The Morgan fingerprint density at radius 1 is 1.33 bits per heavy atom. The van der Waals surface area contributed by atoms with Crippen molar-refractivity contribution in [2.24, 2.45) is 11.8 Å². The van der Waals surface area contributed by atoms with Crippen molar-refractivity contribution < 1.29 is 13.9 Å². The van der Waals surface area contributed by atoms with Gasteiger partial charge in [0.15, 0.2) is 5.67 Å². The van der Waals surface area contributed by atoms with Gasteiger partial charge in [0.25, 0.3) is 5.91 Å². The lowest BCUT2D eigenvalue weighted by Crippen LogP contribution is -2.55. The van der Waals surface area contributed by atoms with Gasteiger partial charge in [-0.25, -0.2) is 4.39 Å². The van der Waals surface area contributed by atoms with Crippen LogP contribution >= 0.6 is 0 Å². The number of nitrogens with one attached hydrogen (secondary N) is 1. The SMILES string of the molecule is CCCC(C)(F)C(=O)N1CCC[C@H](c2cc[nH]n2)[C@@H]1CO[C@H]1CC[C@@H](C(C)C)CC1. The summed E-state index contributed by atoms with van der Waals surface area (Å²) in [6, 6.07) is 1.81. The van der Waals surface area contributed by atoms with Crippen molar-refractivity contribution in [2.75, 3.05) is 13.2 Å². The van der Waals surface area contributed by atoms with E-state index in [4.69, 9.17) is 4.74 Å². The van der Waals surface area contributed by atoms with Gasteiger partial charge in [0.05, 0.1) is 24.4 Å². The minimum absolute atomic E-state index is 0.0818. The second-order valence-electron chi connectivity index (χ2n) is 9.88. The molecule has 1 aliphatic heterocycles. The smallest absolute Gasteiger partial charge is 0.260 e. The molecule has 3 rings (SSSR count). The van der Waals surface area contributed by atoms with E-state index in [2.05, 4.69) is 24.0 Å². The molecule has 1 aromatic rings. The standard InChI is InChI=1S/C24H40FN3O2/c1-5-13-24(4,25)23(29)28-15-6-7-20(21-12-14-26-27-21)22(28)16-30-19-10-8-18(9-11-19)17(2)3/h12,14,17-20,22H,5-11,13,15-16H2,1-4H3,(H,26,27)/t18-,19+,20-,22+,24?/m1/s1. The van der Waals surface area contributed by atoms with Gasteiger partial charge >= 0.3 is 0 Å². The normalized spacial score (nSPS) is 29.7. The summed E-state index contributed by atoms with van der Waals surface area (Å²) >= 11 is 0. The third kappa shape index (κ3) is 5.43. The predicted octanol–water partition coefficient (Wildman–Crippen LogP) is 5.24. The summed E-state index contributed by atoms with van der Waals surface area (Å²) in [5.74, 6) is 1.21. The molecule has 1 N–H and O–H groups in total. The number of carbonyl (C=O) groups excluding carboxylic acids is 1. The highest BCUT2D eigenvalue weighted by Gasteiger charge is 2.43. The minimum atomic E-state index is -1.82. The second-order valence-corrected chi connectivity index (χ2v) is 9.88. The van der Waals surface area contributed by atoms with Crippen LogP contribution in [0.1, 0.15) is 90.7 Å². The number of H-pyrrole nitrogens is 1. The molecule has 3 atom stereocenters. The molecule has 0 spiro atoms. The fourth-order valence-corrected chi connectivity index (χ4v) is 5.37. The first-order valence-corrected chi connectivity index (χ1v) is 11.9. The molecule has 1 unspecified atom stereocenters. The number of aromatic amines is 1. The van der Waals surface area contributed by atoms with E-state index in [0.717, 1.165) is 43.2 Å². The Hall–Kier alpha value is -1.43. The van der Waals surface area contributed by atoms with E-state index in [1.807, 2.05) is 19.2 Å². The highest BCUT2D eigenvalue weighted by Crippen LogP contribution is 2.36. The topological polar surface area (TPSA) is 58.2 Å². The first kappa shape index (κ1) is 23.2. The number of hydrogen-bond acceptors (Lipinski definition) is 3. The summed E-state index contributed by atoms with van der Waals surface area (Å²) in [7, 11) is 0. The fraction of sp³-hybridized carbons (Fsp3) is 0.833. The Labute approximate surface area is 181 Å². The molecular weight excluding hydrogens is 381 g/mol. The van der Waals surface area contributed by atoms with Crippen molar-refractivity contribution in [2.45, 2.75) is 103 Å². The zero-order chi connectivity index (χ0) is 21.7. The Balaban J connectivity index is 1.71. The zero-order valence-electron chi connectivity index (χ0n) is 19.2. The summed E-state index contributed by atoms with van der Waals surface area (Å²) in [5, 5.41) is 7.29. The lowest BCUT2D eigenvalue weighted by molar-refractivity contribution is -0.151. The molecule has 0 bridgehead atoms. The van der Waals surface area contributed by atoms with E-state index in [1.54, 1.807) is 4.90 Å². The maximum absolute atomic E-state index is 15.2. The summed E-state index contributed by atoms with van der Waals surface area (Å²) in [5.41, 5.74) is -0.879. The molecule has 1 saturated carbocycles. The van der Waals surface area contributed by atoms with Crippen molar-refractivity contribution in [3.63, 3.8) is 0 Å². The summed E-state index contributed by atoms with van der Waals surface area (Å²) in [4.78, 5) is 14.9.